The van der Waals surface area contributed by atoms with Gasteiger partial charge in [-0.3, -0.25) is 19.3 Å². The Labute approximate surface area is 203 Å². The average molecular weight is 487 g/mol. The maximum Gasteiger partial charge on any atom is 0.327 e. The van der Waals surface area contributed by atoms with Gasteiger partial charge in [0.15, 0.2) is 6.10 Å². The van der Waals surface area contributed by atoms with Gasteiger partial charge in [0.2, 0.25) is 0 Å². The van der Waals surface area contributed by atoms with Gasteiger partial charge in [0, 0.05) is 11.9 Å². The Morgan fingerprint density at radius 2 is 1.82 bits per heavy atom. The molecule has 182 valence electrons. The van der Waals surface area contributed by atoms with Crippen LogP contribution in [0.25, 0.3) is 0 Å². The van der Waals surface area contributed by atoms with Gasteiger partial charge in [-0.15, -0.1) is 11.3 Å². The zero-order valence-corrected chi connectivity index (χ0v) is 20.5. The lowest BCUT2D eigenvalue weighted by molar-refractivity contribution is -0.155. The van der Waals surface area contributed by atoms with Crippen molar-refractivity contribution in [2.75, 3.05) is 18.9 Å². The van der Waals surface area contributed by atoms with E-state index in [1.807, 2.05) is 0 Å². The summed E-state index contributed by atoms with van der Waals surface area (Å²) in [6, 6.07) is 1.69. The van der Waals surface area contributed by atoms with E-state index in [1.54, 1.807) is 7.05 Å². The second-order valence-electron chi connectivity index (χ2n) is 9.33. The molecule has 0 aromatic carbocycles. The minimum absolute atomic E-state index is 0.368. The van der Waals surface area contributed by atoms with Crippen molar-refractivity contribution in [2.45, 2.75) is 82.8 Å². The summed E-state index contributed by atoms with van der Waals surface area (Å²) in [5.41, 5.74) is 0.628. The first-order valence-corrected chi connectivity index (χ1v) is 12.7. The van der Waals surface area contributed by atoms with Gasteiger partial charge in [-0.2, -0.15) is 5.26 Å². The third-order valence-electron chi connectivity index (χ3n) is 7.22. The number of fused-ring (bicyclic) bond motifs is 1. The second kappa shape index (κ2) is 9.74. The van der Waals surface area contributed by atoms with Gasteiger partial charge < -0.3 is 15.0 Å². The van der Waals surface area contributed by atoms with Crippen molar-refractivity contribution >= 4 is 40.2 Å². The maximum absolute atomic E-state index is 13.0. The van der Waals surface area contributed by atoms with Gasteiger partial charge in [0.1, 0.15) is 23.2 Å². The summed E-state index contributed by atoms with van der Waals surface area (Å²) in [6.07, 6.45) is 7.68. The highest BCUT2D eigenvalue weighted by molar-refractivity contribution is 7.16. The fourth-order valence-electron chi connectivity index (χ4n) is 5.25. The van der Waals surface area contributed by atoms with Crippen molar-refractivity contribution in [3.63, 3.8) is 0 Å². The lowest BCUT2D eigenvalue weighted by atomic mass is 9.81. The first kappa shape index (κ1) is 24.2. The molecule has 9 nitrogen and oxygen atoms in total. The second-order valence-corrected chi connectivity index (χ2v) is 10.4. The predicted octanol–water partition coefficient (Wildman–Crippen LogP) is 3.36. The molecule has 0 bridgehead atoms. The number of carbonyl (C=O) groups is 4. The van der Waals surface area contributed by atoms with E-state index in [0.29, 0.717) is 23.4 Å². The number of rotatable bonds is 5. The number of thiophene rings is 1. The number of nitrogens with zero attached hydrogens (tertiary/aromatic N) is 3. The van der Waals surface area contributed by atoms with Crippen molar-refractivity contribution in [3.05, 3.63) is 16.0 Å². The molecule has 0 radical (unpaired) electrons. The number of anilines is 1. The smallest absolute Gasteiger partial charge is 0.327 e. The highest BCUT2D eigenvalue weighted by Crippen LogP contribution is 2.39. The number of nitrogens with one attached hydrogen (secondary N) is 1. The van der Waals surface area contributed by atoms with Crippen LogP contribution in [0.2, 0.25) is 0 Å². The summed E-state index contributed by atoms with van der Waals surface area (Å²) in [7, 11) is 1.60. The van der Waals surface area contributed by atoms with Gasteiger partial charge in [-0.1, -0.05) is 25.7 Å². The summed E-state index contributed by atoms with van der Waals surface area (Å²) in [4.78, 5) is 54.5. The Balaban J connectivity index is 1.38. The predicted molar refractivity (Wildman–Crippen MR) is 125 cm³/mol. The summed E-state index contributed by atoms with van der Waals surface area (Å²) < 4.78 is 5.26. The number of amides is 4. The van der Waals surface area contributed by atoms with E-state index in [0.717, 1.165) is 66.7 Å². The van der Waals surface area contributed by atoms with E-state index in [2.05, 4.69) is 11.4 Å². The third kappa shape index (κ3) is 4.29. The Kier molecular flexibility index (Phi) is 6.94. The van der Waals surface area contributed by atoms with Gasteiger partial charge in [-0.05, 0) is 51.0 Å². The third-order valence-corrected chi connectivity index (χ3v) is 8.43. The number of esters is 1. The molecule has 1 aromatic heterocycles. The van der Waals surface area contributed by atoms with Crippen LogP contribution >= 0.6 is 11.3 Å². The van der Waals surface area contributed by atoms with E-state index >= 15 is 0 Å². The molecule has 1 saturated carbocycles. The molecule has 1 aliphatic heterocycles. The van der Waals surface area contributed by atoms with Gasteiger partial charge in [-0.25, -0.2) is 4.79 Å². The lowest BCUT2D eigenvalue weighted by Gasteiger charge is -2.35. The minimum Gasteiger partial charge on any atom is -0.451 e. The summed E-state index contributed by atoms with van der Waals surface area (Å²) >= 11 is 1.41. The van der Waals surface area contributed by atoms with Crippen LogP contribution in [-0.4, -0.2) is 58.8 Å². The van der Waals surface area contributed by atoms with Gasteiger partial charge in [0.25, 0.3) is 11.8 Å². The molecule has 3 aliphatic rings. The van der Waals surface area contributed by atoms with E-state index in [1.165, 1.54) is 23.2 Å². The first-order valence-electron chi connectivity index (χ1n) is 11.9. The normalized spacial score (nSPS) is 20.5. The van der Waals surface area contributed by atoms with E-state index < -0.39 is 36.1 Å². The van der Waals surface area contributed by atoms with E-state index in [9.17, 15) is 24.4 Å². The molecule has 1 N–H and O–H groups in total. The van der Waals surface area contributed by atoms with Crippen LogP contribution in [0.1, 0.15) is 74.3 Å². The summed E-state index contributed by atoms with van der Waals surface area (Å²) in [6.45, 7) is 0.901. The number of nitriles is 1. The number of carbonyl (C=O) groups excluding carboxylic acids is 4. The standard InChI is InChI=1S/C24H30N4O5S/c1-15(20(30)26-21-17(13-25)16-9-5-3-6-10-18(16)34-21)33-19(29)14-28-22(31)24(27(2)23(28)32)11-7-4-8-12-24/h15H,3-12,14H2,1-2H3,(H,26,30). The van der Waals surface area contributed by atoms with E-state index in [-0.39, 0.29) is 5.91 Å². The van der Waals surface area contributed by atoms with Crippen molar-refractivity contribution in [2.24, 2.45) is 0 Å². The number of urea groups is 1. The SMILES string of the molecule is CC(OC(=O)CN1C(=O)N(C)C2(CCCCC2)C1=O)C(=O)Nc1sc2c(c1C#N)CCCCC2. The molecule has 1 saturated heterocycles. The Bertz CT molecular complexity index is 1050. The van der Waals surface area contributed by atoms with Crippen LogP contribution in [0.4, 0.5) is 9.80 Å². The molecule has 2 aliphatic carbocycles. The fourth-order valence-corrected chi connectivity index (χ4v) is 6.49. The molecule has 1 atom stereocenters. The molecule has 34 heavy (non-hydrogen) atoms. The fraction of sp³-hybridized carbons (Fsp3) is 0.625. The molecular weight excluding hydrogens is 456 g/mol. The summed E-state index contributed by atoms with van der Waals surface area (Å²) in [5.74, 6) is -1.75. The average Bonchev–Trinajstić information content (AvgIpc) is 3.08. The van der Waals surface area contributed by atoms with Crippen LogP contribution < -0.4 is 5.32 Å². The minimum atomic E-state index is -1.14. The number of imide groups is 1. The molecular formula is C24H30N4O5S. The number of aryl methyl sites for hydroxylation is 1. The van der Waals surface area contributed by atoms with E-state index in [4.69, 9.17) is 4.74 Å². The number of hydrogen-bond acceptors (Lipinski definition) is 7. The molecule has 4 rings (SSSR count). The van der Waals surface area contributed by atoms with Crippen molar-refractivity contribution in [1.29, 1.82) is 5.26 Å². The molecule has 1 aromatic rings. The van der Waals surface area contributed by atoms with Crippen LogP contribution in [0.3, 0.4) is 0 Å². The number of likely N-dealkylation sites (N-methyl/N-ethyl adjacent to an activating group) is 1. The van der Waals surface area contributed by atoms with Crippen LogP contribution in [0.5, 0.6) is 0 Å². The summed E-state index contributed by atoms with van der Waals surface area (Å²) in [5, 5.41) is 12.8. The topological polar surface area (TPSA) is 120 Å². The highest BCUT2D eigenvalue weighted by Gasteiger charge is 2.56. The highest BCUT2D eigenvalue weighted by atomic mass is 32.1. The van der Waals surface area contributed by atoms with Crippen molar-refractivity contribution in [3.8, 4) is 6.07 Å². The quantitative estimate of drug-likeness (QED) is 0.387. The molecule has 10 heteroatoms. The maximum atomic E-state index is 13.0. The lowest BCUT2D eigenvalue weighted by Crippen LogP contribution is -2.49. The first-order chi connectivity index (χ1) is 16.3. The van der Waals surface area contributed by atoms with Gasteiger partial charge >= 0.3 is 12.0 Å². The zero-order valence-electron chi connectivity index (χ0n) is 19.6. The van der Waals surface area contributed by atoms with Crippen LogP contribution in [-0.2, 0) is 32.0 Å². The zero-order chi connectivity index (χ0) is 24.5. The Morgan fingerprint density at radius 1 is 1.15 bits per heavy atom. The van der Waals surface area contributed by atoms with Gasteiger partial charge in [0.05, 0.1) is 5.56 Å². The van der Waals surface area contributed by atoms with Crippen molar-refractivity contribution in [1.82, 2.24) is 9.80 Å². The Morgan fingerprint density at radius 3 is 2.53 bits per heavy atom. The largest absolute Gasteiger partial charge is 0.451 e. The Hall–Kier alpha value is -2.93. The van der Waals surface area contributed by atoms with Crippen LogP contribution in [0.15, 0.2) is 0 Å². The molecule has 2 fully saturated rings. The van der Waals surface area contributed by atoms with Crippen molar-refractivity contribution < 1.29 is 23.9 Å². The van der Waals surface area contributed by atoms with Crippen LogP contribution in [0, 0.1) is 11.3 Å². The molecule has 4 amide bonds. The number of hydrogen-bond donors (Lipinski definition) is 1. The monoisotopic (exact) mass is 486 g/mol. The number of ether oxygens (including phenoxy) is 1. The molecule has 2 heterocycles. The molecule has 1 unspecified atom stereocenters. The molecule has 1 spiro atoms.